The second-order valence-corrected chi connectivity index (χ2v) is 6.90. The van der Waals surface area contributed by atoms with Crippen LogP contribution in [0.25, 0.3) is 0 Å². The van der Waals surface area contributed by atoms with E-state index in [4.69, 9.17) is 0 Å². The molecule has 2 rings (SSSR count). The third kappa shape index (κ3) is 4.75. The molecule has 2 N–H and O–H groups in total. The van der Waals surface area contributed by atoms with E-state index < -0.39 is 5.60 Å². The van der Waals surface area contributed by atoms with Crippen molar-refractivity contribution in [2.24, 2.45) is 5.92 Å². The Hall–Kier alpha value is -1.46. The van der Waals surface area contributed by atoms with Crippen molar-refractivity contribution in [1.82, 2.24) is 10.2 Å². The van der Waals surface area contributed by atoms with Crippen LogP contribution in [0.1, 0.15) is 39.2 Å². The smallest absolute Gasteiger partial charge is 0.223 e. The minimum absolute atomic E-state index is 0.00390. The maximum Gasteiger partial charge on any atom is 0.223 e. The molecule has 1 aliphatic heterocycles. The predicted molar refractivity (Wildman–Crippen MR) is 88.4 cm³/mol. The number of nitrogens with zero attached hydrogens (tertiary/aromatic N) is 1. The van der Waals surface area contributed by atoms with Crippen LogP contribution < -0.4 is 5.32 Å². The fourth-order valence-electron chi connectivity index (χ4n) is 2.99. The number of amides is 1. The average Bonchev–Trinajstić information content (AvgIpc) is 2.53. The molecule has 1 saturated heterocycles. The maximum atomic E-state index is 13.0. The SMILES string of the molecule is CC(C)N1CCC(C(=O)NCC(C)(O)c2ccc(F)cc2)CC1. The molecular formula is C18H27FN2O2. The maximum absolute atomic E-state index is 13.0. The first-order valence-corrected chi connectivity index (χ1v) is 8.30. The minimum atomic E-state index is -1.21. The molecule has 1 unspecified atom stereocenters. The van der Waals surface area contributed by atoms with Gasteiger partial charge >= 0.3 is 0 Å². The van der Waals surface area contributed by atoms with Crippen molar-refractivity contribution in [3.63, 3.8) is 0 Å². The fraction of sp³-hybridized carbons (Fsp3) is 0.611. The molecule has 0 saturated carbocycles. The summed E-state index contributed by atoms with van der Waals surface area (Å²) >= 11 is 0. The Morgan fingerprint density at radius 3 is 2.43 bits per heavy atom. The van der Waals surface area contributed by atoms with E-state index >= 15 is 0 Å². The van der Waals surface area contributed by atoms with E-state index in [1.165, 1.54) is 12.1 Å². The van der Waals surface area contributed by atoms with Gasteiger partial charge in [-0.25, -0.2) is 4.39 Å². The Morgan fingerprint density at radius 1 is 1.35 bits per heavy atom. The lowest BCUT2D eigenvalue weighted by Crippen LogP contribution is -2.45. The van der Waals surface area contributed by atoms with Gasteiger partial charge < -0.3 is 15.3 Å². The molecule has 0 bridgehead atoms. The van der Waals surface area contributed by atoms with Crippen LogP contribution in [0.15, 0.2) is 24.3 Å². The Morgan fingerprint density at radius 2 is 1.91 bits per heavy atom. The summed E-state index contributed by atoms with van der Waals surface area (Å²) in [6.45, 7) is 7.96. The molecule has 0 aliphatic carbocycles. The second kappa shape index (κ2) is 7.41. The molecule has 4 nitrogen and oxygen atoms in total. The monoisotopic (exact) mass is 322 g/mol. The van der Waals surface area contributed by atoms with Gasteiger partial charge in [0.2, 0.25) is 5.91 Å². The highest BCUT2D eigenvalue weighted by Crippen LogP contribution is 2.22. The zero-order chi connectivity index (χ0) is 17.0. The van der Waals surface area contributed by atoms with Gasteiger partial charge in [0.15, 0.2) is 0 Å². The van der Waals surface area contributed by atoms with Crippen LogP contribution in [0.3, 0.4) is 0 Å². The van der Waals surface area contributed by atoms with Crippen molar-refractivity contribution in [3.8, 4) is 0 Å². The predicted octanol–water partition coefficient (Wildman–Crippen LogP) is 2.27. The number of carbonyl (C=O) groups is 1. The number of halogens is 1. The molecule has 1 amide bonds. The van der Waals surface area contributed by atoms with Crippen molar-refractivity contribution >= 4 is 5.91 Å². The second-order valence-electron chi connectivity index (χ2n) is 6.90. The molecule has 128 valence electrons. The number of hydrogen-bond donors (Lipinski definition) is 2. The van der Waals surface area contributed by atoms with Crippen LogP contribution in [0.4, 0.5) is 4.39 Å². The first-order valence-electron chi connectivity index (χ1n) is 8.30. The summed E-state index contributed by atoms with van der Waals surface area (Å²) < 4.78 is 13.0. The van der Waals surface area contributed by atoms with Crippen molar-refractivity contribution < 1.29 is 14.3 Å². The molecule has 1 aliphatic rings. The summed E-state index contributed by atoms with van der Waals surface area (Å²) in [5, 5.41) is 13.3. The third-order valence-corrected chi connectivity index (χ3v) is 4.70. The van der Waals surface area contributed by atoms with Crippen molar-refractivity contribution in [2.75, 3.05) is 19.6 Å². The first-order chi connectivity index (χ1) is 10.8. The van der Waals surface area contributed by atoms with Gasteiger partial charge in [-0.1, -0.05) is 12.1 Å². The van der Waals surface area contributed by atoms with Crippen molar-refractivity contribution in [3.05, 3.63) is 35.6 Å². The zero-order valence-electron chi connectivity index (χ0n) is 14.2. The number of likely N-dealkylation sites (tertiary alicyclic amines) is 1. The van der Waals surface area contributed by atoms with E-state index in [0.29, 0.717) is 11.6 Å². The Bertz CT molecular complexity index is 520. The van der Waals surface area contributed by atoms with Gasteiger partial charge in [-0.15, -0.1) is 0 Å². The van der Waals surface area contributed by atoms with Gasteiger partial charge in [-0.05, 0) is 64.4 Å². The van der Waals surface area contributed by atoms with Crippen LogP contribution in [-0.4, -0.2) is 41.6 Å². The van der Waals surface area contributed by atoms with Crippen LogP contribution in [0.5, 0.6) is 0 Å². The van der Waals surface area contributed by atoms with Crippen molar-refractivity contribution in [1.29, 1.82) is 0 Å². The number of carbonyl (C=O) groups excluding carboxylic acids is 1. The molecule has 1 fully saturated rings. The molecule has 0 aromatic heterocycles. The van der Waals surface area contributed by atoms with Crippen molar-refractivity contribution in [2.45, 2.75) is 45.3 Å². The molecule has 1 heterocycles. The lowest BCUT2D eigenvalue weighted by atomic mass is 9.93. The molecular weight excluding hydrogens is 295 g/mol. The molecule has 1 atom stereocenters. The molecule has 1 aromatic carbocycles. The van der Waals surface area contributed by atoms with E-state index in [2.05, 4.69) is 24.1 Å². The average molecular weight is 322 g/mol. The van der Waals surface area contributed by atoms with E-state index in [-0.39, 0.29) is 24.2 Å². The Balaban J connectivity index is 1.85. The summed E-state index contributed by atoms with van der Waals surface area (Å²) in [4.78, 5) is 14.7. The van der Waals surface area contributed by atoms with Gasteiger partial charge in [0.25, 0.3) is 0 Å². The Kier molecular flexibility index (Phi) is 5.76. The highest BCUT2D eigenvalue weighted by molar-refractivity contribution is 5.78. The minimum Gasteiger partial charge on any atom is -0.384 e. The number of piperidine rings is 1. The number of benzene rings is 1. The number of rotatable bonds is 5. The van der Waals surface area contributed by atoms with E-state index in [9.17, 15) is 14.3 Å². The number of nitrogens with one attached hydrogen (secondary N) is 1. The van der Waals surface area contributed by atoms with Crippen LogP contribution >= 0.6 is 0 Å². The molecule has 5 heteroatoms. The molecule has 0 spiro atoms. The topological polar surface area (TPSA) is 52.6 Å². The van der Waals surface area contributed by atoms with E-state index in [1.54, 1.807) is 19.1 Å². The van der Waals surface area contributed by atoms with Gasteiger partial charge in [0.1, 0.15) is 11.4 Å². The standard InChI is InChI=1S/C18H27FN2O2/c1-13(2)21-10-8-14(9-11-21)17(22)20-12-18(3,23)15-4-6-16(19)7-5-15/h4-7,13-14,23H,8-12H2,1-3H3,(H,20,22). The molecule has 0 radical (unpaired) electrons. The molecule has 23 heavy (non-hydrogen) atoms. The van der Waals surface area contributed by atoms with Crippen LogP contribution in [0, 0.1) is 11.7 Å². The lowest BCUT2D eigenvalue weighted by molar-refractivity contribution is -0.127. The van der Waals surface area contributed by atoms with Gasteiger partial charge in [0.05, 0.1) is 6.54 Å². The summed E-state index contributed by atoms with van der Waals surface area (Å²) in [5.74, 6) is -0.338. The lowest BCUT2D eigenvalue weighted by Gasteiger charge is -2.34. The largest absolute Gasteiger partial charge is 0.384 e. The summed E-state index contributed by atoms with van der Waals surface area (Å²) in [6, 6.07) is 6.23. The summed E-state index contributed by atoms with van der Waals surface area (Å²) in [5.41, 5.74) is -0.615. The van der Waals surface area contributed by atoms with Gasteiger partial charge in [-0.3, -0.25) is 4.79 Å². The number of aliphatic hydroxyl groups is 1. The van der Waals surface area contributed by atoms with Crippen LogP contribution in [-0.2, 0) is 10.4 Å². The van der Waals surface area contributed by atoms with E-state index in [1.807, 2.05) is 0 Å². The quantitative estimate of drug-likeness (QED) is 0.874. The van der Waals surface area contributed by atoms with Gasteiger partial charge in [-0.2, -0.15) is 0 Å². The normalized spacial score (nSPS) is 19.6. The zero-order valence-corrected chi connectivity index (χ0v) is 14.2. The number of hydrogen-bond acceptors (Lipinski definition) is 3. The van der Waals surface area contributed by atoms with Gasteiger partial charge in [0, 0.05) is 12.0 Å². The highest BCUT2D eigenvalue weighted by Gasteiger charge is 2.29. The first kappa shape index (κ1) is 17.9. The van der Waals surface area contributed by atoms with E-state index in [0.717, 1.165) is 25.9 Å². The highest BCUT2D eigenvalue weighted by atomic mass is 19.1. The molecule has 1 aromatic rings. The Labute approximate surface area is 137 Å². The van der Waals surface area contributed by atoms with Crippen LogP contribution in [0.2, 0.25) is 0 Å². The summed E-state index contributed by atoms with van der Waals surface area (Å²) in [6.07, 6.45) is 1.70. The fourth-order valence-corrected chi connectivity index (χ4v) is 2.99. The summed E-state index contributed by atoms with van der Waals surface area (Å²) in [7, 11) is 0. The third-order valence-electron chi connectivity index (χ3n) is 4.70.